The van der Waals surface area contributed by atoms with Crippen LogP contribution in [0.3, 0.4) is 0 Å². The molecule has 0 spiro atoms. The van der Waals surface area contributed by atoms with E-state index >= 15 is 0 Å². The maximum atomic E-state index is 12.5. The molecule has 2 rings (SSSR count). The van der Waals surface area contributed by atoms with Gasteiger partial charge in [0.15, 0.2) is 5.75 Å². The molecule has 1 amide bonds. The molecular formula is C14H8Br2ClF2NO2. The van der Waals surface area contributed by atoms with Crippen LogP contribution in [0.25, 0.3) is 0 Å². The van der Waals surface area contributed by atoms with Crippen molar-refractivity contribution in [2.45, 2.75) is 6.61 Å². The first-order valence-electron chi connectivity index (χ1n) is 5.88. The Bertz CT molecular complexity index is 713. The highest BCUT2D eigenvalue weighted by atomic mass is 79.9. The lowest BCUT2D eigenvalue weighted by molar-refractivity contribution is -0.0498. The number of carbonyl (C=O) groups is 1. The normalized spacial score (nSPS) is 10.6. The summed E-state index contributed by atoms with van der Waals surface area (Å²) < 4.78 is 30.2. The predicted octanol–water partition coefficient (Wildman–Crippen LogP) is 5.72. The lowest BCUT2D eigenvalue weighted by Crippen LogP contribution is -2.14. The third kappa shape index (κ3) is 4.18. The summed E-state index contributed by atoms with van der Waals surface area (Å²) in [4.78, 5) is 12.3. The summed E-state index contributed by atoms with van der Waals surface area (Å²) in [5.41, 5.74) is 0.391. The third-order valence-corrected chi connectivity index (χ3v) is 4.08. The van der Waals surface area contributed by atoms with E-state index in [0.29, 0.717) is 10.0 Å². The van der Waals surface area contributed by atoms with Gasteiger partial charge in [0, 0.05) is 9.50 Å². The minimum Gasteiger partial charge on any atom is -0.431 e. The van der Waals surface area contributed by atoms with Crippen LogP contribution in [-0.4, -0.2) is 12.5 Å². The van der Waals surface area contributed by atoms with Crippen LogP contribution in [0.15, 0.2) is 45.3 Å². The number of carbonyl (C=O) groups excluding carboxylic acids is 1. The second-order valence-electron chi connectivity index (χ2n) is 4.08. The molecule has 0 saturated heterocycles. The summed E-state index contributed by atoms with van der Waals surface area (Å²) in [6, 6.07) is 9.45. The molecule has 0 aromatic heterocycles. The fourth-order valence-electron chi connectivity index (χ4n) is 1.70. The van der Waals surface area contributed by atoms with Gasteiger partial charge in [-0.1, -0.05) is 23.7 Å². The van der Waals surface area contributed by atoms with Gasteiger partial charge in [0.2, 0.25) is 0 Å². The maximum absolute atomic E-state index is 12.5. The standard InChI is InChI=1S/C14H8Br2ClF2NO2/c15-9-4-2-1-3-8(9)13(21)20-11-6-7(17)5-10(16)12(11)22-14(18)19/h1-6,14H,(H,20,21). The van der Waals surface area contributed by atoms with Crippen molar-refractivity contribution in [3.05, 3.63) is 55.9 Å². The van der Waals surface area contributed by atoms with Crippen LogP contribution in [0.2, 0.25) is 5.02 Å². The molecule has 0 atom stereocenters. The average Bonchev–Trinajstić information content (AvgIpc) is 2.42. The Morgan fingerprint density at radius 3 is 2.50 bits per heavy atom. The first kappa shape index (κ1) is 17.2. The van der Waals surface area contributed by atoms with Crippen LogP contribution < -0.4 is 10.1 Å². The van der Waals surface area contributed by atoms with Crippen LogP contribution in [0, 0.1) is 0 Å². The van der Waals surface area contributed by atoms with E-state index < -0.39 is 12.5 Å². The van der Waals surface area contributed by atoms with Crippen molar-refractivity contribution in [2.24, 2.45) is 0 Å². The molecule has 8 heteroatoms. The number of alkyl halides is 2. The first-order valence-corrected chi connectivity index (χ1v) is 7.84. The van der Waals surface area contributed by atoms with Crippen LogP contribution >= 0.6 is 43.5 Å². The summed E-state index contributed by atoms with van der Waals surface area (Å²) in [6.07, 6.45) is 0. The van der Waals surface area contributed by atoms with Gasteiger partial charge in [0.25, 0.3) is 5.91 Å². The number of halogens is 5. The largest absolute Gasteiger partial charge is 0.431 e. The molecular weight excluding hydrogens is 447 g/mol. The number of nitrogens with one attached hydrogen (secondary N) is 1. The highest BCUT2D eigenvalue weighted by Crippen LogP contribution is 2.38. The van der Waals surface area contributed by atoms with Gasteiger partial charge in [-0.15, -0.1) is 0 Å². The smallest absolute Gasteiger partial charge is 0.387 e. The minimum absolute atomic E-state index is 0.0421. The molecule has 3 nitrogen and oxygen atoms in total. The van der Waals surface area contributed by atoms with Gasteiger partial charge in [-0.25, -0.2) is 0 Å². The van der Waals surface area contributed by atoms with Crippen LogP contribution in [0.4, 0.5) is 14.5 Å². The van der Waals surface area contributed by atoms with E-state index in [0.717, 1.165) is 0 Å². The van der Waals surface area contributed by atoms with Gasteiger partial charge in [0.1, 0.15) is 0 Å². The number of amides is 1. The zero-order chi connectivity index (χ0) is 16.3. The Morgan fingerprint density at radius 1 is 1.18 bits per heavy atom. The van der Waals surface area contributed by atoms with Gasteiger partial charge in [-0.05, 0) is 56.1 Å². The summed E-state index contributed by atoms with van der Waals surface area (Å²) in [6.45, 7) is -3.03. The van der Waals surface area contributed by atoms with E-state index in [9.17, 15) is 13.6 Å². The molecule has 0 aliphatic heterocycles. The van der Waals surface area contributed by atoms with Gasteiger partial charge in [-0.2, -0.15) is 8.78 Å². The molecule has 0 heterocycles. The molecule has 1 N–H and O–H groups in total. The molecule has 0 fully saturated rings. The molecule has 22 heavy (non-hydrogen) atoms. The van der Waals surface area contributed by atoms with E-state index in [2.05, 4.69) is 41.9 Å². The van der Waals surface area contributed by atoms with E-state index in [1.165, 1.54) is 12.1 Å². The Kier molecular flexibility index (Phi) is 5.77. The molecule has 116 valence electrons. The van der Waals surface area contributed by atoms with E-state index in [1.54, 1.807) is 24.3 Å². The summed E-state index contributed by atoms with van der Waals surface area (Å²) in [7, 11) is 0. The van der Waals surface area contributed by atoms with Crippen molar-refractivity contribution < 1.29 is 18.3 Å². The number of hydrogen-bond donors (Lipinski definition) is 1. The number of rotatable bonds is 4. The van der Waals surface area contributed by atoms with Crippen molar-refractivity contribution in [3.63, 3.8) is 0 Å². The number of anilines is 1. The molecule has 0 aliphatic carbocycles. The average molecular weight is 455 g/mol. The second kappa shape index (κ2) is 7.39. The third-order valence-electron chi connectivity index (χ3n) is 2.58. The number of benzene rings is 2. The van der Waals surface area contributed by atoms with Gasteiger partial charge < -0.3 is 10.1 Å². The van der Waals surface area contributed by atoms with Crippen LogP contribution in [0.5, 0.6) is 5.75 Å². The SMILES string of the molecule is O=C(Nc1cc(Cl)cc(Br)c1OC(F)F)c1ccccc1Br. The minimum atomic E-state index is -3.03. The Labute approximate surface area is 146 Å². The lowest BCUT2D eigenvalue weighted by atomic mass is 10.2. The predicted molar refractivity (Wildman–Crippen MR) is 87.9 cm³/mol. The lowest BCUT2D eigenvalue weighted by Gasteiger charge is -2.14. The zero-order valence-electron chi connectivity index (χ0n) is 10.7. The van der Waals surface area contributed by atoms with Crippen molar-refractivity contribution in [1.29, 1.82) is 0 Å². The highest BCUT2D eigenvalue weighted by Gasteiger charge is 2.18. The van der Waals surface area contributed by atoms with Crippen LogP contribution in [-0.2, 0) is 0 Å². The molecule has 0 saturated carbocycles. The Morgan fingerprint density at radius 2 is 1.86 bits per heavy atom. The molecule has 2 aromatic carbocycles. The van der Waals surface area contributed by atoms with Crippen molar-refractivity contribution in [2.75, 3.05) is 5.32 Å². The first-order chi connectivity index (χ1) is 10.4. The number of ether oxygens (including phenoxy) is 1. The number of hydrogen-bond acceptors (Lipinski definition) is 2. The second-order valence-corrected chi connectivity index (χ2v) is 6.22. The monoisotopic (exact) mass is 453 g/mol. The van der Waals surface area contributed by atoms with E-state index in [4.69, 9.17) is 11.6 Å². The van der Waals surface area contributed by atoms with Crippen molar-refractivity contribution in [3.8, 4) is 5.75 Å². The summed E-state index contributed by atoms with van der Waals surface area (Å²) >= 11 is 12.2. The summed E-state index contributed by atoms with van der Waals surface area (Å²) in [5.74, 6) is -0.680. The maximum Gasteiger partial charge on any atom is 0.387 e. The Hall–Kier alpha value is -1.18. The van der Waals surface area contributed by atoms with Crippen molar-refractivity contribution >= 4 is 55.1 Å². The molecule has 0 unspecified atom stereocenters. The zero-order valence-corrected chi connectivity index (χ0v) is 14.7. The topological polar surface area (TPSA) is 38.3 Å². The highest BCUT2D eigenvalue weighted by molar-refractivity contribution is 9.10. The van der Waals surface area contributed by atoms with Crippen LogP contribution in [0.1, 0.15) is 10.4 Å². The van der Waals surface area contributed by atoms with Crippen molar-refractivity contribution in [1.82, 2.24) is 0 Å². The fraction of sp³-hybridized carbons (Fsp3) is 0.0714. The van der Waals surface area contributed by atoms with Gasteiger partial charge >= 0.3 is 6.61 Å². The van der Waals surface area contributed by atoms with Gasteiger partial charge in [0.05, 0.1) is 15.7 Å². The van der Waals surface area contributed by atoms with E-state index in [-0.39, 0.29) is 20.9 Å². The summed E-state index contributed by atoms with van der Waals surface area (Å²) in [5, 5.41) is 2.77. The van der Waals surface area contributed by atoms with Gasteiger partial charge in [-0.3, -0.25) is 4.79 Å². The fourth-order valence-corrected chi connectivity index (χ4v) is 3.07. The molecule has 0 aliphatic rings. The molecule has 0 radical (unpaired) electrons. The molecule has 2 aromatic rings. The van der Waals surface area contributed by atoms with E-state index in [1.807, 2.05) is 0 Å². The Balaban J connectivity index is 2.36. The molecule has 0 bridgehead atoms. The quantitative estimate of drug-likeness (QED) is 0.641.